The minimum atomic E-state index is -4.46. The molecule has 0 fully saturated rings. The molecule has 3 N–H and O–H groups in total. The van der Waals surface area contributed by atoms with Gasteiger partial charge in [0.2, 0.25) is 0 Å². The molecule has 0 bridgehead atoms. The molecule has 0 radical (unpaired) electrons. The first-order valence-electron chi connectivity index (χ1n) is 16.0. The van der Waals surface area contributed by atoms with Crippen molar-refractivity contribution in [1.82, 2.24) is 25.9 Å². The van der Waals surface area contributed by atoms with Gasteiger partial charge in [-0.1, -0.05) is 65.8 Å². The Morgan fingerprint density at radius 1 is 0.918 bits per heavy atom. The van der Waals surface area contributed by atoms with Gasteiger partial charge in [-0.05, 0) is 113 Å². The highest BCUT2D eigenvalue weighted by atomic mass is 19.4. The third-order valence-electron chi connectivity index (χ3n) is 9.00. The van der Waals surface area contributed by atoms with E-state index in [1.807, 2.05) is 36.4 Å². The van der Waals surface area contributed by atoms with E-state index in [-0.39, 0.29) is 18.5 Å². The summed E-state index contributed by atoms with van der Waals surface area (Å²) < 4.78 is 40.8. The van der Waals surface area contributed by atoms with Gasteiger partial charge in [-0.25, -0.2) is 4.79 Å². The summed E-state index contributed by atoms with van der Waals surface area (Å²) in [5, 5.41) is 18.9. The molecular weight excluding hydrogens is 631 g/mol. The number of amides is 3. The lowest BCUT2D eigenvalue weighted by Gasteiger charge is -2.32. The second kappa shape index (κ2) is 13.4. The molecule has 9 nitrogen and oxygen atoms in total. The molecule has 1 atom stereocenters. The third-order valence-corrected chi connectivity index (χ3v) is 9.00. The number of nitrogens with zero attached hydrogens (tertiary/aromatic N) is 4. The molecule has 1 unspecified atom stereocenters. The van der Waals surface area contributed by atoms with Crippen LogP contribution in [0.5, 0.6) is 0 Å². The smallest absolute Gasteiger partial charge is 0.331 e. The van der Waals surface area contributed by atoms with Crippen LogP contribution in [0.25, 0.3) is 16.7 Å². The summed E-state index contributed by atoms with van der Waals surface area (Å²) in [7, 11) is 0. The van der Waals surface area contributed by atoms with E-state index in [9.17, 15) is 22.8 Å². The van der Waals surface area contributed by atoms with Gasteiger partial charge in [0.1, 0.15) is 0 Å². The molecule has 0 saturated heterocycles. The Morgan fingerprint density at radius 3 is 2.43 bits per heavy atom. The fraction of sp³-hybridized carbons (Fsp3) is 0.216. The highest BCUT2D eigenvalue weighted by molar-refractivity contribution is 6.03. The van der Waals surface area contributed by atoms with E-state index in [4.69, 9.17) is 0 Å². The first-order valence-corrected chi connectivity index (χ1v) is 16.0. The summed E-state index contributed by atoms with van der Waals surface area (Å²) >= 11 is 0. The number of aromatic nitrogens is 4. The van der Waals surface area contributed by atoms with E-state index in [0.29, 0.717) is 28.8 Å². The lowest BCUT2D eigenvalue weighted by Crippen LogP contribution is -2.42. The first-order chi connectivity index (χ1) is 23.7. The molecule has 5 aromatic rings. The largest absolute Gasteiger partial charge is 0.416 e. The Balaban J connectivity index is 1.16. The van der Waals surface area contributed by atoms with Gasteiger partial charge in [-0.3, -0.25) is 15.0 Å². The Kier molecular flexibility index (Phi) is 8.68. The molecule has 7 rings (SSSR count). The summed E-state index contributed by atoms with van der Waals surface area (Å²) in [6, 6.07) is 25.0. The number of tetrazole rings is 1. The van der Waals surface area contributed by atoms with Crippen LogP contribution >= 0.6 is 0 Å². The normalized spacial score (nSPS) is 15.4. The van der Waals surface area contributed by atoms with Crippen molar-refractivity contribution in [2.24, 2.45) is 0 Å². The zero-order valence-corrected chi connectivity index (χ0v) is 26.3. The molecule has 2 aliphatic carbocycles. The number of alkyl halides is 3. The standard InChI is InChI=1S/C37H32F3N7O2/c38-37(39,40)28-17-14-27-20-33(31-9-5-4-8-30(31)32(27)21-28)41-36(49)47(29-18-15-25(16-19-29)24-6-2-1-3-7-24)22-23-10-12-26(13-11-23)34(48)42-35-43-45-46-44-35/h4-6,8-19,21,33H,1-3,7,20,22H2,(H,41,49)(H2,42,43,44,45,46,48). The van der Waals surface area contributed by atoms with Crippen molar-refractivity contribution in [3.8, 4) is 11.1 Å². The second-order valence-electron chi connectivity index (χ2n) is 12.2. The monoisotopic (exact) mass is 663 g/mol. The highest BCUT2D eigenvalue weighted by Crippen LogP contribution is 2.42. The average Bonchev–Trinajstić information content (AvgIpc) is 3.64. The predicted octanol–water partition coefficient (Wildman–Crippen LogP) is 8.11. The average molecular weight is 664 g/mol. The third kappa shape index (κ3) is 6.94. The summed E-state index contributed by atoms with van der Waals surface area (Å²) in [5.41, 5.74) is 6.20. The Morgan fingerprint density at radius 2 is 1.71 bits per heavy atom. The molecule has 12 heteroatoms. The number of H-pyrrole nitrogens is 1. The number of fused-ring (bicyclic) bond motifs is 3. The topological polar surface area (TPSA) is 116 Å². The minimum Gasteiger partial charge on any atom is -0.331 e. The number of halogens is 3. The van der Waals surface area contributed by atoms with Crippen molar-refractivity contribution in [3.63, 3.8) is 0 Å². The van der Waals surface area contributed by atoms with Gasteiger partial charge in [0.15, 0.2) is 0 Å². The van der Waals surface area contributed by atoms with Gasteiger partial charge in [0, 0.05) is 11.3 Å². The van der Waals surface area contributed by atoms with Gasteiger partial charge < -0.3 is 5.32 Å². The van der Waals surface area contributed by atoms with Crippen molar-refractivity contribution in [2.45, 2.75) is 50.9 Å². The zero-order valence-electron chi connectivity index (χ0n) is 26.3. The van der Waals surface area contributed by atoms with E-state index in [2.05, 4.69) is 37.3 Å². The number of urea groups is 1. The molecule has 2 aliphatic rings. The number of anilines is 2. The number of hydrogen-bond donors (Lipinski definition) is 3. The second-order valence-corrected chi connectivity index (χ2v) is 12.2. The first kappa shape index (κ1) is 31.8. The molecule has 248 valence electrons. The number of allylic oxidation sites excluding steroid dienone is 2. The zero-order chi connectivity index (χ0) is 34.0. The molecule has 0 aliphatic heterocycles. The van der Waals surface area contributed by atoms with E-state index >= 15 is 0 Å². The van der Waals surface area contributed by atoms with Gasteiger partial charge in [0.05, 0.1) is 18.2 Å². The van der Waals surface area contributed by atoms with Crippen LogP contribution in [0.4, 0.5) is 29.6 Å². The number of carbonyl (C=O) groups is 2. The van der Waals surface area contributed by atoms with E-state index in [0.717, 1.165) is 47.6 Å². The summed E-state index contributed by atoms with van der Waals surface area (Å²) in [4.78, 5) is 28.5. The van der Waals surface area contributed by atoms with Crippen LogP contribution in [0.3, 0.4) is 0 Å². The van der Waals surface area contributed by atoms with Crippen LogP contribution in [0.2, 0.25) is 0 Å². The molecular formula is C37H32F3N7O2. The van der Waals surface area contributed by atoms with Crippen LogP contribution in [-0.2, 0) is 19.1 Å². The van der Waals surface area contributed by atoms with E-state index in [1.165, 1.54) is 24.1 Å². The quantitative estimate of drug-likeness (QED) is 0.163. The number of carbonyl (C=O) groups excluding carboxylic acids is 2. The maximum Gasteiger partial charge on any atom is 0.416 e. The molecule has 0 spiro atoms. The van der Waals surface area contributed by atoms with Gasteiger partial charge in [0.25, 0.3) is 11.9 Å². The predicted molar refractivity (Wildman–Crippen MR) is 179 cm³/mol. The van der Waals surface area contributed by atoms with Crippen LogP contribution in [0.15, 0.2) is 97.1 Å². The Labute approximate surface area is 280 Å². The van der Waals surface area contributed by atoms with Crippen LogP contribution < -0.4 is 15.5 Å². The number of hydrogen-bond acceptors (Lipinski definition) is 5. The lowest BCUT2D eigenvalue weighted by atomic mass is 9.82. The number of rotatable bonds is 7. The molecule has 4 aromatic carbocycles. The van der Waals surface area contributed by atoms with E-state index in [1.54, 1.807) is 41.3 Å². The van der Waals surface area contributed by atoms with Gasteiger partial charge >= 0.3 is 12.2 Å². The van der Waals surface area contributed by atoms with Gasteiger partial charge in [-0.15, -0.1) is 5.10 Å². The SMILES string of the molecule is O=C(Nc1nn[nH]n1)c1ccc(CN(C(=O)NC2Cc3ccc(C(F)(F)F)cc3-c3ccccc32)c2ccc(C3=CCCCC3)cc2)cc1. The van der Waals surface area contributed by atoms with Crippen molar-refractivity contribution < 1.29 is 22.8 Å². The van der Waals surface area contributed by atoms with Crippen LogP contribution in [0, 0.1) is 0 Å². The lowest BCUT2D eigenvalue weighted by molar-refractivity contribution is -0.137. The molecule has 49 heavy (non-hydrogen) atoms. The van der Waals surface area contributed by atoms with E-state index < -0.39 is 23.7 Å². The number of nitrogens with one attached hydrogen (secondary N) is 3. The van der Waals surface area contributed by atoms with Crippen molar-refractivity contribution in [3.05, 3.63) is 130 Å². The van der Waals surface area contributed by atoms with Crippen LogP contribution in [0.1, 0.15) is 69.9 Å². The summed E-state index contributed by atoms with van der Waals surface area (Å²) in [5.74, 6) is -0.356. The molecule has 3 amide bonds. The fourth-order valence-corrected chi connectivity index (χ4v) is 6.48. The maximum absolute atomic E-state index is 14.2. The van der Waals surface area contributed by atoms with Crippen molar-refractivity contribution >= 4 is 29.1 Å². The summed E-state index contributed by atoms with van der Waals surface area (Å²) in [6.45, 7) is 0.195. The van der Waals surface area contributed by atoms with Gasteiger partial charge in [-0.2, -0.15) is 18.4 Å². The Bertz CT molecular complexity index is 2010. The highest BCUT2D eigenvalue weighted by Gasteiger charge is 2.34. The molecule has 0 saturated carbocycles. The summed E-state index contributed by atoms with van der Waals surface area (Å²) in [6.07, 6.45) is 2.55. The van der Waals surface area contributed by atoms with Crippen LogP contribution in [-0.4, -0.2) is 32.6 Å². The minimum absolute atomic E-state index is 0.0528. The molecule has 1 aromatic heterocycles. The number of benzene rings is 4. The fourth-order valence-electron chi connectivity index (χ4n) is 6.48. The van der Waals surface area contributed by atoms with Crippen molar-refractivity contribution in [2.75, 3.05) is 10.2 Å². The Hall–Kier alpha value is -5.78. The van der Waals surface area contributed by atoms with Crippen molar-refractivity contribution in [1.29, 1.82) is 0 Å². The maximum atomic E-state index is 14.2. The molecule has 1 heterocycles. The number of aromatic amines is 1.